The number of hydrogen-bond acceptors (Lipinski definition) is 5. The third-order valence-electron chi connectivity index (χ3n) is 5.26. The molecule has 0 bridgehead atoms. The SMILES string of the molecule is CCC1CCCCN1C(=O)CSc1nc2[nH]ncc2c(=O)n1-c1cccc(Cl)c1. The first-order valence-electron chi connectivity index (χ1n) is 9.73. The number of carbonyl (C=O) groups excluding carboxylic acids is 1. The number of fused-ring (bicyclic) bond motifs is 1. The zero-order valence-electron chi connectivity index (χ0n) is 16.1. The molecule has 1 N–H and O–H groups in total. The van der Waals surface area contributed by atoms with Gasteiger partial charge in [0.25, 0.3) is 5.56 Å². The Bertz CT molecular complexity index is 1100. The molecular weight excluding hydrogens is 410 g/mol. The van der Waals surface area contributed by atoms with E-state index in [1.165, 1.54) is 28.9 Å². The fourth-order valence-electron chi connectivity index (χ4n) is 3.78. The van der Waals surface area contributed by atoms with Gasteiger partial charge in [0.2, 0.25) is 5.91 Å². The lowest BCUT2D eigenvalue weighted by Gasteiger charge is -2.35. The molecule has 1 atom stereocenters. The van der Waals surface area contributed by atoms with E-state index in [4.69, 9.17) is 11.6 Å². The number of benzene rings is 1. The Labute approximate surface area is 177 Å². The van der Waals surface area contributed by atoms with E-state index in [0.717, 1.165) is 25.8 Å². The molecule has 1 saturated heterocycles. The first kappa shape index (κ1) is 20.0. The number of H-pyrrole nitrogens is 1. The molecule has 9 heteroatoms. The first-order chi connectivity index (χ1) is 14.1. The van der Waals surface area contributed by atoms with Gasteiger partial charge in [-0.25, -0.2) is 4.98 Å². The van der Waals surface area contributed by atoms with Crippen LogP contribution in [0.5, 0.6) is 0 Å². The van der Waals surface area contributed by atoms with Gasteiger partial charge in [-0.05, 0) is 43.9 Å². The summed E-state index contributed by atoms with van der Waals surface area (Å²) in [4.78, 5) is 32.5. The lowest BCUT2D eigenvalue weighted by molar-refractivity contribution is -0.132. The van der Waals surface area contributed by atoms with Crippen molar-refractivity contribution in [3.63, 3.8) is 0 Å². The zero-order chi connectivity index (χ0) is 20.4. The van der Waals surface area contributed by atoms with Crippen molar-refractivity contribution in [3.8, 4) is 5.69 Å². The maximum absolute atomic E-state index is 13.1. The molecule has 1 fully saturated rings. The minimum Gasteiger partial charge on any atom is -0.339 e. The third kappa shape index (κ3) is 4.04. The lowest BCUT2D eigenvalue weighted by Crippen LogP contribution is -2.44. The second-order valence-electron chi connectivity index (χ2n) is 7.08. The summed E-state index contributed by atoms with van der Waals surface area (Å²) in [6.07, 6.45) is 5.69. The van der Waals surface area contributed by atoms with Crippen LogP contribution in [0.3, 0.4) is 0 Å². The van der Waals surface area contributed by atoms with E-state index in [2.05, 4.69) is 22.1 Å². The van der Waals surface area contributed by atoms with Crippen LogP contribution >= 0.6 is 23.4 Å². The number of piperidine rings is 1. The van der Waals surface area contributed by atoms with Crippen LogP contribution in [0.1, 0.15) is 32.6 Å². The maximum Gasteiger partial charge on any atom is 0.269 e. The topological polar surface area (TPSA) is 83.9 Å². The van der Waals surface area contributed by atoms with Crippen LogP contribution in [-0.2, 0) is 4.79 Å². The lowest BCUT2D eigenvalue weighted by atomic mass is 10.0. The van der Waals surface area contributed by atoms with E-state index in [-0.39, 0.29) is 17.2 Å². The number of rotatable bonds is 5. The van der Waals surface area contributed by atoms with Crippen molar-refractivity contribution in [2.24, 2.45) is 0 Å². The number of nitrogens with one attached hydrogen (secondary N) is 1. The highest BCUT2D eigenvalue weighted by Gasteiger charge is 2.26. The number of amides is 1. The second kappa shape index (κ2) is 8.59. The van der Waals surface area contributed by atoms with Gasteiger partial charge in [0.1, 0.15) is 5.39 Å². The molecule has 1 aliphatic heterocycles. The molecule has 1 aliphatic rings. The number of aromatic nitrogens is 4. The number of nitrogens with zero attached hydrogens (tertiary/aromatic N) is 4. The van der Waals surface area contributed by atoms with Crippen LogP contribution in [0.15, 0.2) is 40.4 Å². The van der Waals surface area contributed by atoms with Gasteiger partial charge in [-0.15, -0.1) is 0 Å². The van der Waals surface area contributed by atoms with Crippen molar-refractivity contribution < 1.29 is 4.79 Å². The molecule has 0 spiro atoms. The van der Waals surface area contributed by atoms with Crippen molar-refractivity contribution in [3.05, 3.63) is 45.8 Å². The van der Waals surface area contributed by atoms with Gasteiger partial charge in [-0.2, -0.15) is 5.10 Å². The molecule has 0 radical (unpaired) electrons. The van der Waals surface area contributed by atoms with Crippen LogP contribution in [0.4, 0.5) is 0 Å². The summed E-state index contributed by atoms with van der Waals surface area (Å²) in [6, 6.07) is 7.33. The number of thioether (sulfide) groups is 1. The first-order valence-corrected chi connectivity index (χ1v) is 11.1. The second-order valence-corrected chi connectivity index (χ2v) is 8.46. The molecule has 0 saturated carbocycles. The van der Waals surface area contributed by atoms with E-state index in [1.54, 1.807) is 24.3 Å². The van der Waals surface area contributed by atoms with Gasteiger partial charge < -0.3 is 4.90 Å². The molecule has 2 aromatic heterocycles. The normalized spacial score (nSPS) is 17.0. The zero-order valence-corrected chi connectivity index (χ0v) is 17.7. The van der Waals surface area contributed by atoms with Gasteiger partial charge in [-0.3, -0.25) is 19.3 Å². The van der Waals surface area contributed by atoms with Gasteiger partial charge in [0.15, 0.2) is 10.8 Å². The Balaban J connectivity index is 1.67. The average molecular weight is 432 g/mol. The molecule has 1 aromatic carbocycles. The molecule has 1 amide bonds. The summed E-state index contributed by atoms with van der Waals surface area (Å²) in [5.41, 5.74) is 0.774. The molecule has 29 heavy (non-hydrogen) atoms. The summed E-state index contributed by atoms with van der Waals surface area (Å²) >= 11 is 7.40. The highest BCUT2D eigenvalue weighted by atomic mass is 35.5. The van der Waals surface area contributed by atoms with Crippen molar-refractivity contribution in [1.29, 1.82) is 0 Å². The van der Waals surface area contributed by atoms with Crippen molar-refractivity contribution in [2.75, 3.05) is 12.3 Å². The Morgan fingerprint density at radius 2 is 2.24 bits per heavy atom. The van der Waals surface area contributed by atoms with Gasteiger partial charge in [0.05, 0.1) is 17.6 Å². The molecule has 7 nitrogen and oxygen atoms in total. The summed E-state index contributed by atoms with van der Waals surface area (Å²) < 4.78 is 1.50. The van der Waals surface area contributed by atoms with Crippen LogP contribution in [-0.4, -0.2) is 48.9 Å². The van der Waals surface area contributed by atoms with Crippen molar-refractivity contribution in [1.82, 2.24) is 24.6 Å². The molecule has 1 unspecified atom stereocenters. The number of hydrogen-bond donors (Lipinski definition) is 1. The monoisotopic (exact) mass is 431 g/mol. The maximum atomic E-state index is 13.1. The summed E-state index contributed by atoms with van der Waals surface area (Å²) in [6.45, 7) is 2.92. The van der Waals surface area contributed by atoms with Gasteiger partial charge in [-0.1, -0.05) is 36.4 Å². The third-order valence-corrected chi connectivity index (χ3v) is 6.42. The molecule has 0 aliphatic carbocycles. The quantitative estimate of drug-likeness (QED) is 0.492. The van der Waals surface area contributed by atoms with Crippen molar-refractivity contribution in [2.45, 2.75) is 43.8 Å². The summed E-state index contributed by atoms with van der Waals surface area (Å²) in [5, 5.41) is 8.03. The van der Waals surface area contributed by atoms with Crippen LogP contribution in [0.25, 0.3) is 16.7 Å². The summed E-state index contributed by atoms with van der Waals surface area (Å²) in [7, 11) is 0. The van der Waals surface area contributed by atoms with Crippen LogP contribution in [0, 0.1) is 0 Å². The van der Waals surface area contributed by atoms with E-state index < -0.39 is 0 Å². The fraction of sp³-hybridized carbons (Fsp3) is 0.400. The number of halogens is 1. The predicted molar refractivity (Wildman–Crippen MR) is 115 cm³/mol. The summed E-state index contributed by atoms with van der Waals surface area (Å²) in [5.74, 6) is 0.307. The van der Waals surface area contributed by atoms with E-state index in [1.807, 2.05) is 4.90 Å². The Morgan fingerprint density at radius 1 is 1.38 bits per heavy atom. The Kier molecular flexibility index (Phi) is 5.91. The standard InChI is InChI=1S/C20H22ClN5O2S/c1-2-14-7-3-4-9-25(14)17(27)12-29-20-23-18-16(11-22-24-18)19(28)26(20)15-8-5-6-13(21)10-15/h5-6,8,10-11,14H,2-4,7,9,12H2,1H3,(H,22,24). The molecule has 3 aromatic rings. The molecule has 3 heterocycles. The van der Waals surface area contributed by atoms with E-state index >= 15 is 0 Å². The Hall–Kier alpha value is -2.32. The number of aromatic amines is 1. The van der Waals surface area contributed by atoms with Gasteiger partial charge in [0, 0.05) is 17.6 Å². The van der Waals surface area contributed by atoms with E-state index in [0.29, 0.717) is 32.9 Å². The fourth-order valence-corrected chi connectivity index (χ4v) is 4.85. The smallest absolute Gasteiger partial charge is 0.269 e. The van der Waals surface area contributed by atoms with Crippen molar-refractivity contribution >= 4 is 40.3 Å². The number of carbonyl (C=O) groups is 1. The van der Waals surface area contributed by atoms with Gasteiger partial charge >= 0.3 is 0 Å². The highest BCUT2D eigenvalue weighted by molar-refractivity contribution is 7.99. The minimum absolute atomic E-state index is 0.0816. The molecular formula is C20H22ClN5O2S. The largest absolute Gasteiger partial charge is 0.339 e. The highest BCUT2D eigenvalue weighted by Crippen LogP contribution is 2.25. The van der Waals surface area contributed by atoms with Crippen LogP contribution < -0.4 is 5.56 Å². The van der Waals surface area contributed by atoms with Crippen LogP contribution in [0.2, 0.25) is 5.02 Å². The van der Waals surface area contributed by atoms with E-state index in [9.17, 15) is 9.59 Å². The number of likely N-dealkylation sites (tertiary alicyclic amines) is 1. The molecule has 4 rings (SSSR count). The minimum atomic E-state index is -0.245. The average Bonchev–Trinajstić information content (AvgIpc) is 3.21. The predicted octanol–water partition coefficient (Wildman–Crippen LogP) is 3.65. The Morgan fingerprint density at radius 3 is 3.03 bits per heavy atom. The molecule has 152 valence electrons.